The molecule has 3 heteroatoms. The van der Waals surface area contributed by atoms with Crippen LogP contribution in [0.1, 0.15) is 25.8 Å². The Labute approximate surface area is 98.2 Å². The number of nitrogens with zero attached hydrogens (tertiary/aromatic N) is 1. The highest BCUT2D eigenvalue weighted by Crippen LogP contribution is 2.19. The monoisotopic (exact) mass is 222 g/mol. The van der Waals surface area contributed by atoms with Crippen LogP contribution in [0.3, 0.4) is 0 Å². The summed E-state index contributed by atoms with van der Waals surface area (Å²) in [6, 6.07) is 5.91. The van der Waals surface area contributed by atoms with Crippen LogP contribution in [0.5, 0.6) is 5.75 Å². The van der Waals surface area contributed by atoms with E-state index in [1.165, 1.54) is 12.0 Å². The Morgan fingerprint density at radius 2 is 2.00 bits per heavy atom. The minimum Gasteiger partial charge on any atom is -0.497 e. The quantitative estimate of drug-likeness (QED) is 0.752. The molecule has 2 N–H and O–H groups in total. The molecule has 3 nitrogen and oxygen atoms in total. The van der Waals surface area contributed by atoms with Crippen molar-refractivity contribution in [1.29, 1.82) is 0 Å². The molecule has 0 aliphatic carbocycles. The lowest BCUT2D eigenvalue weighted by atomic mass is 10.1. The molecule has 0 heterocycles. The first-order valence-corrected chi connectivity index (χ1v) is 5.85. The first-order chi connectivity index (χ1) is 7.69. The van der Waals surface area contributed by atoms with Gasteiger partial charge in [0.15, 0.2) is 0 Å². The van der Waals surface area contributed by atoms with Crippen LogP contribution in [-0.2, 0) is 6.54 Å². The van der Waals surface area contributed by atoms with E-state index in [9.17, 15) is 0 Å². The van der Waals surface area contributed by atoms with Crippen LogP contribution in [0, 0.1) is 0 Å². The van der Waals surface area contributed by atoms with E-state index in [1.54, 1.807) is 7.11 Å². The molecule has 0 saturated carbocycles. The highest BCUT2D eigenvalue weighted by molar-refractivity contribution is 5.47. The van der Waals surface area contributed by atoms with Crippen LogP contribution < -0.4 is 10.5 Å². The summed E-state index contributed by atoms with van der Waals surface area (Å²) in [6.07, 6.45) is 1.17. The molecule has 0 amide bonds. The largest absolute Gasteiger partial charge is 0.497 e. The van der Waals surface area contributed by atoms with Crippen LogP contribution in [0.4, 0.5) is 5.69 Å². The number of methoxy groups -OCH3 is 1. The number of rotatable bonds is 6. The maximum absolute atomic E-state index is 5.83. The van der Waals surface area contributed by atoms with E-state index in [0.717, 1.165) is 31.1 Å². The van der Waals surface area contributed by atoms with Crippen molar-refractivity contribution >= 4 is 5.69 Å². The molecule has 0 aliphatic heterocycles. The summed E-state index contributed by atoms with van der Waals surface area (Å²) in [7, 11) is 1.67. The highest BCUT2D eigenvalue weighted by Gasteiger charge is 2.04. The van der Waals surface area contributed by atoms with Crippen LogP contribution in [0.2, 0.25) is 0 Å². The average molecular weight is 222 g/mol. The molecule has 16 heavy (non-hydrogen) atoms. The Balaban J connectivity index is 2.74. The third-order valence-corrected chi connectivity index (χ3v) is 2.62. The summed E-state index contributed by atoms with van der Waals surface area (Å²) in [5.41, 5.74) is 7.81. The Hall–Kier alpha value is -1.22. The first-order valence-electron chi connectivity index (χ1n) is 5.85. The molecular weight excluding hydrogens is 200 g/mol. The molecule has 0 fully saturated rings. The van der Waals surface area contributed by atoms with Gasteiger partial charge in [0, 0.05) is 18.3 Å². The van der Waals surface area contributed by atoms with Gasteiger partial charge in [-0.3, -0.25) is 4.90 Å². The maximum Gasteiger partial charge on any atom is 0.121 e. The van der Waals surface area contributed by atoms with Gasteiger partial charge in [-0.25, -0.2) is 0 Å². The highest BCUT2D eigenvalue weighted by atomic mass is 16.5. The lowest BCUT2D eigenvalue weighted by Gasteiger charge is -2.20. The van der Waals surface area contributed by atoms with E-state index < -0.39 is 0 Å². The summed E-state index contributed by atoms with van der Waals surface area (Å²) in [5, 5.41) is 0. The van der Waals surface area contributed by atoms with Crippen molar-refractivity contribution in [3.63, 3.8) is 0 Å². The topological polar surface area (TPSA) is 38.5 Å². The number of anilines is 1. The first kappa shape index (κ1) is 12.8. The molecule has 0 saturated heterocycles. The number of hydrogen-bond donors (Lipinski definition) is 1. The van der Waals surface area contributed by atoms with Crippen LogP contribution in [0.25, 0.3) is 0 Å². The standard InChI is InChI=1S/C13H22N2O/c1-4-6-15(5-2)10-11-7-12(14)9-13(8-11)16-3/h7-9H,4-6,10,14H2,1-3H3. The third-order valence-electron chi connectivity index (χ3n) is 2.62. The fourth-order valence-corrected chi connectivity index (χ4v) is 1.82. The summed E-state index contributed by atoms with van der Waals surface area (Å²) >= 11 is 0. The lowest BCUT2D eigenvalue weighted by molar-refractivity contribution is 0.280. The predicted molar refractivity (Wildman–Crippen MR) is 68.6 cm³/mol. The van der Waals surface area contributed by atoms with Crippen LogP contribution in [-0.4, -0.2) is 25.1 Å². The van der Waals surface area contributed by atoms with Gasteiger partial charge in [-0.1, -0.05) is 13.8 Å². The molecule has 0 unspecified atom stereocenters. The molecule has 0 bridgehead atoms. The Morgan fingerprint density at radius 3 is 2.56 bits per heavy atom. The zero-order valence-electron chi connectivity index (χ0n) is 10.5. The van der Waals surface area contributed by atoms with E-state index in [0.29, 0.717) is 0 Å². The van der Waals surface area contributed by atoms with Crippen molar-refractivity contribution in [3.8, 4) is 5.75 Å². The summed E-state index contributed by atoms with van der Waals surface area (Å²) < 4.78 is 5.21. The second-order valence-corrected chi connectivity index (χ2v) is 3.98. The van der Waals surface area contributed by atoms with Crippen molar-refractivity contribution in [2.45, 2.75) is 26.8 Å². The van der Waals surface area contributed by atoms with Gasteiger partial charge in [-0.05, 0) is 37.2 Å². The normalized spacial score (nSPS) is 10.8. The summed E-state index contributed by atoms with van der Waals surface area (Å²) in [6.45, 7) is 7.49. The lowest BCUT2D eigenvalue weighted by Crippen LogP contribution is -2.23. The van der Waals surface area contributed by atoms with Gasteiger partial charge >= 0.3 is 0 Å². The molecule has 1 aromatic carbocycles. The van der Waals surface area contributed by atoms with Gasteiger partial charge in [-0.2, -0.15) is 0 Å². The predicted octanol–water partition coefficient (Wildman–Crippen LogP) is 2.51. The van der Waals surface area contributed by atoms with Crippen LogP contribution >= 0.6 is 0 Å². The molecule has 0 aromatic heterocycles. The van der Waals surface area contributed by atoms with Crippen molar-refractivity contribution in [1.82, 2.24) is 4.90 Å². The molecule has 90 valence electrons. The molecule has 1 aromatic rings. The zero-order chi connectivity index (χ0) is 12.0. The average Bonchev–Trinajstić information content (AvgIpc) is 2.27. The van der Waals surface area contributed by atoms with Gasteiger partial charge < -0.3 is 10.5 Å². The number of hydrogen-bond acceptors (Lipinski definition) is 3. The van der Waals surface area contributed by atoms with Gasteiger partial charge in [0.1, 0.15) is 5.75 Å². The molecular formula is C13H22N2O. The van der Waals surface area contributed by atoms with Gasteiger partial charge in [0.2, 0.25) is 0 Å². The summed E-state index contributed by atoms with van der Waals surface area (Å²) in [5.74, 6) is 0.836. The van der Waals surface area contributed by atoms with E-state index in [1.807, 2.05) is 12.1 Å². The van der Waals surface area contributed by atoms with E-state index >= 15 is 0 Å². The number of nitrogens with two attached hydrogens (primary N) is 1. The van der Waals surface area contributed by atoms with Crippen LogP contribution in [0.15, 0.2) is 18.2 Å². The second kappa shape index (κ2) is 6.38. The zero-order valence-corrected chi connectivity index (χ0v) is 10.5. The maximum atomic E-state index is 5.83. The fourth-order valence-electron chi connectivity index (χ4n) is 1.82. The molecule has 0 atom stereocenters. The van der Waals surface area contributed by atoms with Crippen molar-refractivity contribution in [3.05, 3.63) is 23.8 Å². The van der Waals surface area contributed by atoms with Crippen molar-refractivity contribution < 1.29 is 4.74 Å². The fraction of sp³-hybridized carbons (Fsp3) is 0.538. The third kappa shape index (κ3) is 3.74. The second-order valence-electron chi connectivity index (χ2n) is 3.98. The van der Waals surface area contributed by atoms with Gasteiger partial charge in [0.05, 0.1) is 7.11 Å². The number of benzene rings is 1. The number of nitrogen functional groups attached to an aromatic ring is 1. The smallest absolute Gasteiger partial charge is 0.121 e. The van der Waals surface area contributed by atoms with E-state index in [2.05, 4.69) is 24.8 Å². The number of ether oxygens (including phenoxy) is 1. The Kier molecular flexibility index (Phi) is 5.12. The molecule has 1 rings (SSSR count). The van der Waals surface area contributed by atoms with Gasteiger partial charge in [-0.15, -0.1) is 0 Å². The molecule has 0 spiro atoms. The Morgan fingerprint density at radius 1 is 1.25 bits per heavy atom. The minimum absolute atomic E-state index is 0.766. The SMILES string of the molecule is CCCN(CC)Cc1cc(N)cc(OC)c1. The molecule has 0 radical (unpaired) electrons. The van der Waals surface area contributed by atoms with E-state index in [-0.39, 0.29) is 0 Å². The van der Waals surface area contributed by atoms with E-state index in [4.69, 9.17) is 10.5 Å². The minimum atomic E-state index is 0.766. The summed E-state index contributed by atoms with van der Waals surface area (Å²) in [4.78, 5) is 2.40. The van der Waals surface area contributed by atoms with Crippen molar-refractivity contribution in [2.24, 2.45) is 0 Å². The Bertz CT molecular complexity index is 326. The van der Waals surface area contributed by atoms with Crippen molar-refractivity contribution in [2.75, 3.05) is 25.9 Å². The van der Waals surface area contributed by atoms with Gasteiger partial charge in [0.25, 0.3) is 0 Å². The molecule has 0 aliphatic rings.